The zero-order valence-electron chi connectivity index (χ0n) is 21.6. The Morgan fingerprint density at radius 3 is 2.61 bits per heavy atom. The summed E-state index contributed by atoms with van der Waals surface area (Å²) in [5.74, 6) is 0.920. The van der Waals surface area contributed by atoms with Crippen LogP contribution in [0.3, 0.4) is 0 Å². The first-order valence-corrected chi connectivity index (χ1v) is 13.2. The summed E-state index contributed by atoms with van der Waals surface area (Å²) in [5.41, 5.74) is 5.17. The highest BCUT2D eigenvalue weighted by Crippen LogP contribution is 2.34. The summed E-state index contributed by atoms with van der Waals surface area (Å²) in [6.45, 7) is 7.57. The van der Waals surface area contributed by atoms with E-state index in [1.807, 2.05) is 25.1 Å². The molecule has 1 N–H and O–H groups in total. The van der Waals surface area contributed by atoms with Gasteiger partial charge in [-0.25, -0.2) is 4.68 Å². The second-order valence-electron chi connectivity index (χ2n) is 10.3. The molecule has 0 unspecified atom stereocenters. The lowest BCUT2D eigenvalue weighted by Gasteiger charge is -2.31. The summed E-state index contributed by atoms with van der Waals surface area (Å²) >= 11 is 0. The zero-order chi connectivity index (χ0) is 25.1. The first-order valence-electron chi connectivity index (χ1n) is 13.2. The molecule has 0 aliphatic heterocycles. The van der Waals surface area contributed by atoms with Gasteiger partial charge in [-0.05, 0) is 66.1 Å². The Morgan fingerprint density at radius 1 is 1.08 bits per heavy atom. The standard InChI is InChI=1S/C29H36N6O/c1-4-8-26(28-31-32-33-35(28)25-11-5-6-12-25)34(18-22-15-13-20(2)14-16-22)19-24-17-23-10-7-9-21(3)27(23)30-29(24)36/h7,9-10,13-17,25-26H,4-6,8,11-12,18-19H2,1-3H3,(H,30,36)/t26-/m0/s1. The Labute approximate surface area is 212 Å². The van der Waals surface area contributed by atoms with Crippen LogP contribution >= 0.6 is 0 Å². The lowest BCUT2D eigenvalue weighted by molar-refractivity contribution is 0.153. The summed E-state index contributed by atoms with van der Waals surface area (Å²) in [6, 6.07) is 17.2. The van der Waals surface area contributed by atoms with Crippen LogP contribution in [0.25, 0.3) is 10.9 Å². The van der Waals surface area contributed by atoms with Crippen LogP contribution in [0.15, 0.2) is 53.3 Å². The highest BCUT2D eigenvalue weighted by Gasteiger charge is 2.30. The number of tetrazole rings is 1. The van der Waals surface area contributed by atoms with E-state index in [0.29, 0.717) is 19.1 Å². The second kappa shape index (κ2) is 10.7. The van der Waals surface area contributed by atoms with Gasteiger partial charge in [0.15, 0.2) is 5.82 Å². The Kier molecular flexibility index (Phi) is 7.28. The van der Waals surface area contributed by atoms with E-state index in [1.54, 1.807) is 0 Å². The quantitative estimate of drug-likeness (QED) is 0.325. The van der Waals surface area contributed by atoms with Crippen molar-refractivity contribution in [3.05, 3.63) is 87.0 Å². The van der Waals surface area contributed by atoms with Gasteiger partial charge >= 0.3 is 0 Å². The molecule has 0 amide bonds. The molecule has 7 nitrogen and oxygen atoms in total. The van der Waals surface area contributed by atoms with Gasteiger partial charge in [0.2, 0.25) is 0 Å². The molecule has 2 heterocycles. The summed E-state index contributed by atoms with van der Waals surface area (Å²) < 4.78 is 2.07. The molecule has 0 spiro atoms. The van der Waals surface area contributed by atoms with Crippen molar-refractivity contribution in [2.24, 2.45) is 0 Å². The van der Waals surface area contributed by atoms with Crippen molar-refractivity contribution in [1.29, 1.82) is 0 Å². The van der Waals surface area contributed by atoms with Gasteiger partial charge < -0.3 is 4.98 Å². The molecule has 4 aromatic rings. The van der Waals surface area contributed by atoms with Crippen molar-refractivity contribution >= 4 is 10.9 Å². The Balaban J connectivity index is 1.55. The third-order valence-corrected chi connectivity index (χ3v) is 7.53. The highest BCUT2D eigenvalue weighted by molar-refractivity contribution is 5.81. The number of hydrogen-bond donors (Lipinski definition) is 1. The topological polar surface area (TPSA) is 79.7 Å². The number of nitrogens with one attached hydrogen (secondary N) is 1. The van der Waals surface area contributed by atoms with Crippen LogP contribution in [0.4, 0.5) is 0 Å². The summed E-state index contributed by atoms with van der Waals surface area (Å²) in [4.78, 5) is 18.8. The SMILES string of the molecule is CCC[C@@H](c1nnnn1C1CCCC1)N(Cc1ccc(C)cc1)Cc1cc2cccc(C)c2[nH]c1=O. The number of aromatic nitrogens is 5. The first kappa shape index (κ1) is 24.4. The van der Waals surface area contributed by atoms with Crippen molar-refractivity contribution in [3.8, 4) is 0 Å². The van der Waals surface area contributed by atoms with Gasteiger partial charge in [-0.1, -0.05) is 74.2 Å². The van der Waals surface area contributed by atoms with Crippen LogP contribution in [-0.4, -0.2) is 30.1 Å². The van der Waals surface area contributed by atoms with Gasteiger partial charge in [0.25, 0.3) is 5.56 Å². The molecule has 0 saturated heterocycles. The molecular weight excluding hydrogens is 448 g/mol. The minimum Gasteiger partial charge on any atom is -0.321 e. The maximum atomic E-state index is 13.2. The molecule has 188 valence electrons. The molecule has 1 saturated carbocycles. The van der Waals surface area contributed by atoms with Crippen LogP contribution in [0.5, 0.6) is 0 Å². The van der Waals surface area contributed by atoms with E-state index >= 15 is 0 Å². The van der Waals surface area contributed by atoms with E-state index in [9.17, 15) is 4.79 Å². The van der Waals surface area contributed by atoms with E-state index in [-0.39, 0.29) is 11.6 Å². The third kappa shape index (κ3) is 5.12. The van der Waals surface area contributed by atoms with Crippen molar-refractivity contribution in [2.45, 2.75) is 84.5 Å². The molecule has 7 heteroatoms. The number of para-hydroxylation sites is 1. The average molecular weight is 485 g/mol. The molecule has 5 rings (SSSR count). The summed E-state index contributed by atoms with van der Waals surface area (Å²) in [5, 5.41) is 14.2. The molecule has 1 aliphatic rings. The molecule has 1 aliphatic carbocycles. The fraction of sp³-hybridized carbons (Fsp3) is 0.448. The minimum absolute atomic E-state index is 0.0134. The monoisotopic (exact) mass is 484 g/mol. The van der Waals surface area contributed by atoms with E-state index in [4.69, 9.17) is 0 Å². The van der Waals surface area contributed by atoms with Gasteiger partial charge in [0.1, 0.15) is 0 Å². The van der Waals surface area contributed by atoms with E-state index < -0.39 is 0 Å². The fourth-order valence-corrected chi connectivity index (χ4v) is 5.55. The molecule has 1 atom stereocenters. The maximum Gasteiger partial charge on any atom is 0.252 e. The molecular formula is C29H36N6O. The average Bonchev–Trinajstić information content (AvgIpc) is 3.57. The smallest absolute Gasteiger partial charge is 0.252 e. The predicted octanol–water partition coefficient (Wildman–Crippen LogP) is 5.79. The minimum atomic E-state index is -0.0312. The van der Waals surface area contributed by atoms with Crippen molar-refractivity contribution in [3.63, 3.8) is 0 Å². The lowest BCUT2D eigenvalue weighted by Crippen LogP contribution is -2.33. The summed E-state index contributed by atoms with van der Waals surface area (Å²) in [6.07, 6.45) is 6.61. The Morgan fingerprint density at radius 2 is 1.86 bits per heavy atom. The van der Waals surface area contributed by atoms with Gasteiger partial charge in [0, 0.05) is 18.7 Å². The van der Waals surface area contributed by atoms with Gasteiger partial charge in [-0.15, -0.1) is 5.10 Å². The number of benzene rings is 2. The van der Waals surface area contributed by atoms with Gasteiger partial charge in [-0.3, -0.25) is 9.69 Å². The van der Waals surface area contributed by atoms with Crippen LogP contribution in [0, 0.1) is 13.8 Å². The number of nitrogens with zero attached hydrogens (tertiary/aromatic N) is 5. The molecule has 1 fully saturated rings. The van der Waals surface area contributed by atoms with E-state index in [2.05, 4.69) is 74.3 Å². The van der Waals surface area contributed by atoms with Crippen molar-refractivity contribution < 1.29 is 0 Å². The fourth-order valence-electron chi connectivity index (χ4n) is 5.55. The number of H-pyrrole nitrogens is 1. The normalized spacial score (nSPS) is 15.2. The van der Waals surface area contributed by atoms with Crippen molar-refractivity contribution in [1.82, 2.24) is 30.1 Å². The van der Waals surface area contributed by atoms with Crippen LogP contribution in [0.2, 0.25) is 0 Å². The maximum absolute atomic E-state index is 13.2. The Hall–Kier alpha value is -3.32. The van der Waals surface area contributed by atoms with Gasteiger partial charge in [-0.2, -0.15) is 0 Å². The molecule has 2 aromatic heterocycles. The van der Waals surface area contributed by atoms with Crippen molar-refractivity contribution in [2.75, 3.05) is 0 Å². The van der Waals surface area contributed by atoms with E-state index in [0.717, 1.165) is 53.5 Å². The molecule has 0 radical (unpaired) electrons. The first-order chi connectivity index (χ1) is 17.5. The third-order valence-electron chi connectivity index (χ3n) is 7.53. The zero-order valence-corrected chi connectivity index (χ0v) is 21.6. The summed E-state index contributed by atoms with van der Waals surface area (Å²) in [7, 11) is 0. The van der Waals surface area contributed by atoms with Gasteiger partial charge in [0.05, 0.1) is 17.6 Å². The number of fused-ring (bicyclic) bond motifs is 1. The number of hydrogen-bond acceptors (Lipinski definition) is 5. The number of rotatable bonds is 9. The highest BCUT2D eigenvalue weighted by atomic mass is 16.1. The van der Waals surface area contributed by atoms with Crippen LogP contribution < -0.4 is 5.56 Å². The number of aromatic amines is 1. The number of aryl methyl sites for hydroxylation is 2. The molecule has 0 bridgehead atoms. The Bertz CT molecular complexity index is 1370. The van der Waals surface area contributed by atoms with E-state index in [1.165, 1.54) is 24.0 Å². The largest absolute Gasteiger partial charge is 0.321 e. The predicted molar refractivity (Wildman–Crippen MR) is 143 cm³/mol. The lowest BCUT2D eigenvalue weighted by atomic mass is 10.0. The molecule has 2 aromatic carbocycles. The van der Waals surface area contributed by atoms with Crippen LogP contribution in [-0.2, 0) is 13.1 Å². The second-order valence-corrected chi connectivity index (χ2v) is 10.3. The van der Waals surface area contributed by atoms with Crippen LogP contribution in [0.1, 0.15) is 85.6 Å². The number of pyridine rings is 1. The molecule has 36 heavy (non-hydrogen) atoms.